The van der Waals surface area contributed by atoms with Gasteiger partial charge in [-0.2, -0.15) is 0 Å². The van der Waals surface area contributed by atoms with Gasteiger partial charge in [0.05, 0.1) is 6.61 Å². The molecular weight excluding hydrogens is 445 g/mol. The lowest BCUT2D eigenvalue weighted by Crippen LogP contribution is -2.71. The number of ether oxygens (including phenoxy) is 2. The highest BCUT2D eigenvalue weighted by atomic mass is 28.4. The zero-order chi connectivity index (χ0) is 24.4. The van der Waals surface area contributed by atoms with E-state index in [0.29, 0.717) is 0 Å². The van der Waals surface area contributed by atoms with Gasteiger partial charge in [-0.15, -0.1) is 0 Å². The van der Waals surface area contributed by atoms with Crippen molar-refractivity contribution in [1.82, 2.24) is 0 Å². The lowest BCUT2D eigenvalue weighted by atomic mass is 9.83. The third kappa shape index (κ3) is 4.35. The van der Waals surface area contributed by atoms with Gasteiger partial charge in [-0.1, -0.05) is 81.4 Å². The summed E-state index contributed by atoms with van der Waals surface area (Å²) in [6, 6.07) is 19.6. The first kappa shape index (κ1) is 25.4. The smallest absolute Gasteiger partial charge is 0.278 e. The zero-order valence-corrected chi connectivity index (χ0v) is 20.6. The van der Waals surface area contributed by atoms with Crippen LogP contribution in [0.5, 0.6) is 0 Å². The van der Waals surface area contributed by atoms with Gasteiger partial charge in [0.15, 0.2) is 12.2 Å². The summed E-state index contributed by atoms with van der Waals surface area (Å²) in [7, 11) is -1.84. The number of alkyl halides is 1. The molecule has 1 aliphatic heterocycles. The number of halogens is 1. The predicted octanol–water partition coefficient (Wildman–Crippen LogP) is 2.67. The van der Waals surface area contributed by atoms with Crippen LogP contribution in [0.15, 0.2) is 60.7 Å². The Morgan fingerprint density at radius 3 is 2.00 bits per heavy atom. The lowest BCUT2D eigenvalue weighted by Gasteiger charge is -2.46. The number of nitro groups is 1. The molecule has 1 aliphatic rings. The van der Waals surface area contributed by atoms with E-state index in [9.17, 15) is 19.6 Å². The van der Waals surface area contributed by atoms with E-state index in [1.165, 1.54) is 6.92 Å². The van der Waals surface area contributed by atoms with Gasteiger partial charge in [0.25, 0.3) is 13.9 Å². The molecule has 1 N–H and O–H groups in total. The summed E-state index contributed by atoms with van der Waals surface area (Å²) < 4.78 is 31.9. The topological polar surface area (TPSA) is 91.1 Å². The number of methoxy groups -OCH3 is 1. The number of hydrogen-bond acceptors (Lipinski definition) is 6. The lowest BCUT2D eigenvalue weighted by molar-refractivity contribution is -0.607. The fourth-order valence-corrected chi connectivity index (χ4v) is 9.35. The number of rotatable bonds is 7. The molecule has 1 heterocycles. The first-order valence-electron chi connectivity index (χ1n) is 10.9. The van der Waals surface area contributed by atoms with Crippen molar-refractivity contribution >= 4 is 18.7 Å². The van der Waals surface area contributed by atoms with Crippen LogP contribution < -0.4 is 10.4 Å². The summed E-state index contributed by atoms with van der Waals surface area (Å²) in [5.74, 6) is 0. The standard InChI is InChI=1S/C24H32FNO6Si/c1-23(2,3)33(17-12-8-6-9-13-17,18-14-10-7-11-15-18)31-16-19-20(27)24(4,26(28)29)21(30-5)22(25)32-19/h6-15,19-22,27H,16H2,1-5H3/t19-,20-,21-,22+,24-/m0/s1. The van der Waals surface area contributed by atoms with Gasteiger partial charge in [-0.25, -0.2) is 4.39 Å². The van der Waals surface area contributed by atoms with Crippen molar-refractivity contribution in [2.75, 3.05) is 13.7 Å². The third-order valence-corrected chi connectivity index (χ3v) is 11.6. The van der Waals surface area contributed by atoms with E-state index < -0.39 is 43.4 Å². The molecule has 2 aromatic rings. The molecule has 2 aromatic carbocycles. The second-order valence-corrected chi connectivity index (χ2v) is 13.9. The molecule has 7 nitrogen and oxygen atoms in total. The molecule has 0 unspecified atom stereocenters. The highest BCUT2D eigenvalue weighted by molar-refractivity contribution is 6.99. The minimum absolute atomic E-state index is 0.214. The van der Waals surface area contributed by atoms with Gasteiger partial charge < -0.3 is 19.0 Å². The van der Waals surface area contributed by atoms with Crippen LogP contribution in [0.1, 0.15) is 27.7 Å². The molecule has 5 atom stereocenters. The predicted molar refractivity (Wildman–Crippen MR) is 126 cm³/mol. The second kappa shape index (κ2) is 9.59. The Morgan fingerprint density at radius 2 is 1.61 bits per heavy atom. The summed E-state index contributed by atoms with van der Waals surface area (Å²) in [6.07, 6.45) is -6.51. The van der Waals surface area contributed by atoms with Crippen LogP contribution in [0.4, 0.5) is 4.39 Å². The van der Waals surface area contributed by atoms with Crippen molar-refractivity contribution in [3.63, 3.8) is 0 Å². The van der Waals surface area contributed by atoms with E-state index in [1.54, 1.807) is 0 Å². The van der Waals surface area contributed by atoms with Crippen molar-refractivity contribution in [3.05, 3.63) is 70.8 Å². The van der Waals surface area contributed by atoms with Gasteiger partial charge in [-0.3, -0.25) is 10.1 Å². The van der Waals surface area contributed by atoms with E-state index in [0.717, 1.165) is 17.5 Å². The first-order valence-corrected chi connectivity index (χ1v) is 12.8. The molecule has 33 heavy (non-hydrogen) atoms. The maximum absolute atomic E-state index is 14.8. The molecule has 0 aromatic heterocycles. The molecule has 180 valence electrons. The normalized spacial score (nSPS) is 28.5. The minimum Gasteiger partial charge on any atom is -0.405 e. The summed E-state index contributed by atoms with van der Waals surface area (Å²) in [5, 5.41) is 24.4. The molecule has 0 bridgehead atoms. The van der Waals surface area contributed by atoms with Crippen LogP contribution in [0.25, 0.3) is 0 Å². The quantitative estimate of drug-likeness (QED) is 0.375. The molecule has 0 radical (unpaired) electrons. The molecule has 0 amide bonds. The third-order valence-electron chi connectivity index (χ3n) is 6.60. The van der Waals surface area contributed by atoms with Crippen molar-refractivity contribution in [1.29, 1.82) is 0 Å². The van der Waals surface area contributed by atoms with E-state index in [1.807, 2.05) is 60.7 Å². The average molecular weight is 478 g/mol. The van der Waals surface area contributed by atoms with Crippen LogP contribution in [-0.2, 0) is 13.9 Å². The molecule has 0 saturated carbocycles. The fraction of sp³-hybridized carbons (Fsp3) is 0.500. The van der Waals surface area contributed by atoms with Gasteiger partial charge in [0.1, 0.15) is 6.10 Å². The molecule has 0 spiro atoms. The van der Waals surface area contributed by atoms with E-state index in [2.05, 4.69) is 20.8 Å². The molecule has 1 saturated heterocycles. The van der Waals surface area contributed by atoms with Crippen LogP contribution >= 0.6 is 0 Å². The molecule has 3 rings (SSSR count). The average Bonchev–Trinajstić information content (AvgIpc) is 2.78. The zero-order valence-electron chi connectivity index (χ0n) is 19.6. The van der Waals surface area contributed by atoms with Gasteiger partial charge in [0.2, 0.25) is 6.36 Å². The number of benzene rings is 2. The Kier molecular flexibility index (Phi) is 7.40. The largest absolute Gasteiger partial charge is 0.405 e. The van der Waals surface area contributed by atoms with Crippen LogP contribution in [0.3, 0.4) is 0 Å². The Bertz CT molecular complexity index is 901. The Morgan fingerprint density at radius 1 is 1.12 bits per heavy atom. The van der Waals surface area contributed by atoms with Crippen LogP contribution in [0, 0.1) is 10.1 Å². The number of nitrogens with zero attached hydrogens (tertiary/aromatic N) is 1. The van der Waals surface area contributed by atoms with E-state index in [-0.39, 0.29) is 11.6 Å². The summed E-state index contributed by atoms with van der Waals surface area (Å²) in [6.45, 7) is 7.21. The van der Waals surface area contributed by atoms with Gasteiger partial charge >= 0.3 is 0 Å². The van der Waals surface area contributed by atoms with E-state index >= 15 is 0 Å². The SMILES string of the molecule is CO[C@H]1[C@H](F)O[C@@H](CO[Si](c2ccccc2)(c2ccccc2)C(C)(C)C)[C@H](O)[C@]1(C)[N+](=O)[O-]. The van der Waals surface area contributed by atoms with Crippen LogP contribution in [0.2, 0.25) is 5.04 Å². The maximum atomic E-state index is 14.8. The maximum Gasteiger partial charge on any atom is 0.278 e. The highest BCUT2D eigenvalue weighted by Gasteiger charge is 2.64. The highest BCUT2D eigenvalue weighted by Crippen LogP contribution is 2.39. The minimum atomic E-state index is -3.00. The van der Waals surface area contributed by atoms with Gasteiger partial charge in [-0.05, 0) is 15.4 Å². The molecule has 1 fully saturated rings. The Hall–Kier alpha value is -2.17. The van der Waals surface area contributed by atoms with Crippen molar-refractivity contribution < 1.29 is 28.3 Å². The van der Waals surface area contributed by atoms with Gasteiger partial charge in [0, 0.05) is 19.0 Å². The fourth-order valence-electron chi connectivity index (χ4n) is 4.78. The Balaban J connectivity index is 2.04. The molecule has 9 heteroatoms. The van der Waals surface area contributed by atoms with E-state index in [4.69, 9.17) is 13.9 Å². The number of aliphatic hydroxyl groups is 1. The Labute approximate surface area is 194 Å². The van der Waals surface area contributed by atoms with Crippen LogP contribution in [-0.4, -0.2) is 62.3 Å². The second-order valence-electron chi connectivity index (χ2n) is 9.58. The monoisotopic (exact) mass is 477 g/mol. The number of aliphatic hydroxyl groups excluding tert-OH is 1. The number of hydrogen-bond donors (Lipinski definition) is 1. The van der Waals surface area contributed by atoms with Crippen molar-refractivity contribution in [2.24, 2.45) is 0 Å². The summed E-state index contributed by atoms with van der Waals surface area (Å²) in [4.78, 5) is 11.2. The first-order chi connectivity index (χ1) is 15.5. The van der Waals surface area contributed by atoms with Crippen molar-refractivity contribution in [2.45, 2.75) is 62.9 Å². The summed E-state index contributed by atoms with van der Waals surface area (Å²) in [5.41, 5.74) is -2.09. The molecular formula is C24H32FNO6Si. The summed E-state index contributed by atoms with van der Waals surface area (Å²) >= 11 is 0. The van der Waals surface area contributed by atoms with Crippen molar-refractivity contribution in [3.8, 4) is 0 Å². The molecule has 0 aliphatic carbocycles.